The fourth-order valence-electron chi connectivity index (χ4n) is 7.52. The van der Waals surface area contributed by atoms with Crippen LogP contribution in [0, 0.1) is 51.1 Å². The summed E-state index contributed by atoms with van der Waals surface area (Å²) in [4.78, 5) is 44.2. The second-order valence-corrected chi connectivity index (χ2v) is 14.3. The van der Waals surface area contributed by atoms with Gasteiger partial charge in [-0.3, -0.25) is 39.5 Å². The maximum Gasteiger partial charge on any atom is 0.279 e. The maximum atomic E-state index is 11.0. The summed E-state index contributed by atoms with van der Waals surface area (Å²) in [6.07, 6.45) is 4.18. The van der Waals surface area contributed by atoms with E-state index in [4.69, 9.17) is 12.8 Å². The first-order chi connectivity index (χ1) is 30.3. The third-order valence-corrected chi connectivity index (χ3v) is 10.7. The lowest BCUT2D eigenvalue weighted by Crippen LogP contribution is -1.94. The van der Waals surface area contributed by atoms with Gasteiger partial charge in [0, 0.05) is 85.0 Å². The third-order valence-electron chi connectivity index (χ3n) is 10.7. The number of carbonyl (C=O) groups is 1. The Bertz CT molecular complexity index is 2700. The molecule has 16 heteroatoms. The van der Waals surface area contributed by atoms with Crippen LogP contribution in [0.5, 0.6) is 0 Å². The highest BCUT2D eigenvalue weighted by molar-refractivity contribution is 5.96. The Kier molecular flexibility index (Phi) is 19.4. The summed E-state index contributed by atoms with van der Waals surface area (Å²) in [5, 5.41) is 34.7. The molecule has 0 aliphatic carbocycles. The summed E-state index contributed by atoms with van der Waals surface area (Å²) in [6.45, 7) is 16.1. The number of rotatable bonds is 8. The molecule has 0 radical (unpaired) electrons. The highest BCUT2D eigenvalue weighted by atomic mass is 19.1. The molecule has 0 atom stereocenters. The van der Waals surface area contributed by atoms with Gasteiger partial charge >= 0.3 is 0 Å². The number of ketones is 1. The number of hydrogen-bond donors (Lipinski definition) is 3. The van der Waals surface area contributed by atoms with E-state index in [1.807, 2.05) is 70.5 Å². The number of nitro benzene ring substituents is 3. The van der Waals surface area contributed by atoms with Gasteiger partial charge in [0.1, 0.15) is 5.78 Å². The van der Waals surface area contributed by atoms with Crippen molar-refractivity contribution < 1.29 is 25.3 Å². The van der Waals surface area contributed by atoms with E-state index in [1.54, 1.807) is 36.4 Å². The van der Waals surface area contributed by atoms with Gasteiger partial charge in [0.05, 0.1) is 50.6 Å². The SMILES string of the molecule is CCC(=O)CC.CCc1[nH]c2cccc([N+](=O)[O-])c2c1C.CCc1c(C)c2c(N)cccc2n1C.CCc1c(C)c2c([N+](=O)[O-])cccc2n1C.Nc1cccc([N+](=O)[O-])c1.[2H]CF. The molecule has 3 aromatic heterocycles. The summed E-state index contributed by atoms with van der Waals surface area (Å²) >= 11 is 0. The molecule has 338 valence electrons. The molecule has 0 aliphatic heterocycles. The number of carbonyl (C=O) groups excluding carboxylic acids is 1. The number of H-pyrrole nitrogens is 1. The monoisotopic (exact) mass is 869 g/mol. The van der Waals surface area contributed by atoms with Crippen molar-refractivity contribution in [1.82, 2.24) is 14.1 Å². The molecule has 0 spiro atoms. The number of nitrogens with zero attached hydrogens (tertiary/aromatic N) is 5. The minimum absolute atomic E-state index is 0.0278. The van der Waals surface area contributed by atoms with Crippen LogP contribution >= 0.6 is 0 Å². The number of fused-ring (bicyclic) bond motifs is 3. The summed E-state index contributed by atoms with van der Waals surface area (Å²) in [5.41, 5.74) is 22.9. The average Bonchev–Trinajstić information content (AvgIpc) is 3.84. The number of hydrogen-bond acceptors (Lipinski definition) is 9. The second-order valence-electron chi connectivity index (χ2n) is 14.3. The number of benzene rings is 4. The van der Waals surface area contributed by atoms with E-state index < -0.39 is 12.1 Å². The number of nitrogens with one attached hydrogen (secondary N) is 1. The molecule has 0 saturated carbocycles. The van der Waals surface area contributed by atoms with Gasteiger partial charge in [-0.05, 0) is 87.1 Å². The molecular weight excluding hydrogens is 808 g/mol. The van der Waals surface area contributed by atoms with Crippen molar-refractivity contribution in [3.05, 3.63) is 143 Å². The number of nitrogen functional groups attached to an aromatic ring is 2. The predicted octanol–water partition coefficient (Wildman–Crippen LogP) is 11.7. The van der Waals surface area contributed by atoms with Crippen LogP contribution in [0.3, 0.4) is 0 Å². The molecule has 5 N–H and O–H groups in total. The topological polar surface area (TPSA) is 224 Å². The molecule has 0 aliphatic rings. The molecule has 15 nitrogen and oxygen atoms in total. The summed E-state index contributed by atoms with van der Waals surface area (Å²) in [5.74, 6) is 0.343. The van der Waals surface area contributed by atoms with E-state index in [0.29, 0.717) is 24.3 Å². The first-order valence-corrected chi connectivity index (χ1v) is 20.5. The van der Waals surface area contributed by atoms with Crippen molar-refractivity contribution >= 4 is 66.9 Å². The first-order valence-electron chi connectivity index (χ1n) is 21.2. The Labute approximate surface area is 368 Å². The van der Waals surface area contributed by atoms with Gasteiger partial charge < -0.3 is 25.6 Å². The highest BCUT2D eigenvalue weighted by Gasteiger charge is 2.20. The van der Waals surface area contributed by atoms with Crippen molar-refractivity contribution in [3.8, 4) is 0 Å². The van der Waals surface area contributed by atoms with Gasteiger partial charge in [0.25, 0.3) is 17.1 Å². The zero-order valence-corrected chi connectivity index (χ0v) is 37.9. The summed E-state index contributed by atoms with van der Waals surface area (Å²) in [6, 6.07) is 22.3. The molecule has 63 heavy (non-hydrogen) atoms. The Hall–Kier alpha value is -7.10. The lowest BCUT2D eigenvalue weighted by atomic mass is 10.1. The van der Waals surface area contributed by atoms with E-state index in [-0.39, 0.29) is 26.9 Å². The van der Waals surface area contributed by atoms with Crippen molar-refractivity contribution in [1.29, 1.82) is 0 Å². The van der Waals surface area contributed by atoms with E-state index in [9.17, 15) is 39.5 Å². The van der Waals surface area contributed by atoms with Crippen LogP contribution in [0.25, 0.3) is 32.7 Å². The zero-order valence-electron chi connectivity index (χ0n) is 38.9. The second kappa shape index (κ2) is 24.4. The fraction of sp³-hybridized carbons (Fsp3) is 0.340. The Morgan fingerprint density at radius 3 is 1.54 bits per heavy atom. The number of aromatic amines is 1. The van der Waals surface area contributed by atoms with Crippen LogP contribution in [0.15, 0.2) is 78.9 Å². The van der Waals surface area contributed by atoms with Crippen LogP contribution in [0.1, 0.15) is 82.6 Å². The normalized spacial score (nSPS) is 10.4. The molecule has 0 fully saturated rings. The van der Waals surface area contributed by atoms with E-state index >= 15 is 0 Å². The molecule has 3 heterocycles. The summed E-state index contributed by atoms with van der Waals surface area (Å²) in [7, 11) is 3.06. The number of halogens is 1. The van der Waals surface area contributed by atoms with Crippen LogP contribution in [-0.2, 0) is 38.2 Å². The number of anilines is 2. The molecule has 4 aromatic carbocycles. The molecule has 0 unspecified atom stereocenters. The molecule has 7 aromatic rings. The van der Waals surface area contributed by atoms with Crippen LogP contribution in [0.2, 0.25) is 0 Å². The van der Waals surface area contributed by atoms with Crippen molar-refractivity contribution in [3.63, 3.8) is 0 Å². The minimum Gasteiger partial charge on any atom is -0.399 e. The van der Waals surface area contributed by atoms with Crippen LogP contribution in [0.4, 0.5) is 32.8 Å². The number of nitro groups is 3. The lowest BCUT2D eigenvalue weighted by molar-refractivity contribution is -0.384. The smallest absolute Gasteiger partial charge is 0.279 e. The van der Waals surface area contributed by atoms with E-state index in [2.05, 4.69) is 43.4 Å². The molecular formula is C47H61FN8O7. The largest absolute Gasteiger partial charge is 0.399 e. The van der Waals surface area contributed by atoms with Crippen molar-refractivity contribution in [2.75, 3.05) is 18.6 Å². The molecule has 7 rings (SSSR count). The number of nitrogens with two attached hydrogens (primary N) is 2. The quantitative estimate of drug-likeness (QED) is 0.0749. The van der Waals surface area contributed by atoms with E-state index in [0.717, 1.165) is 69.3 Å². The average molecular weight is 870 g/mol. The number of non-ortho nitro benzene ring substituents is 3. The highest BCUT2D eigenvalue weighted by Crippen LogP contribution is 2.33. The summed E-state index contributed by atoms with van der Waals surface area (Å²) < 4.78 is 19.8. The predicted molar refractivity (Wildman–Crippen MR) is 254 cm³/mol. The van der Waals surface area contributed by atoms with Gasteiger partial charge in [0.15, 0.2) is 0 Å². The standard InChI is InChI=1S/C12H14N2O2.C12H16N2.C11H12N2O2.C6H6N2O2.C5H10O.CH3F/c1-4-9-8(2)12-10(13(9)3)6-5-7-11(12)14(15)16;1-4-10-8(2)12-9(13)6-5-7-11(12)14(10)3;1-3-8-7(2)11-9(12-8)5-4-6-10(11)13(14)15;7-5-2-1-3-6(4-5)8(9)10;1-3-5(6)4-2;1-2/h5-7H,4H2,1-3H3;5-7H,4,13H2,1-3H3;4-6,12H,3H2,1-2H3;1-4H,7H2;3-4H2,1-2H3;1H3/i;;;;;1D. The Morgan fingerprint density at radius 2 is 1.13 bits per heavy atom. The van der Waals surface area contributed by atoms with Crippen molar-refractivity contribution in [2.45, 2.75) is 87.5 Å². The Balaban J connectivity index is 0.000000278. The zero-order chi connectivity index (χ0) is 48.4. The maximum absolute atomic E-state index is 11.0. The van der Waals surface area contributed by atoms with Gasteiger partial charge in [-0.2, -0.15) is 0 Å². The van der Waals surface area contributed by atoms with Crippen molar-refractivity contribution in [2.24, 2.45) is 14.1 Å². The number of aromatic nitrogens is 3. The van der Waals surface area contributed by atoms with Gasteiger partial charge in [-0.15, -0.1) is 0 Å². The Morgan fingerprint density at radius 1 is 0.667 bits per heavy atom. The van der Waals surface area contributed by atoms with Crippen LogP contribution in [-0.4, -0.2) is 41.8 Å². The number of alkyl halides is 1. The van der Waals surface area contributed by atoms with E-state index in [1.165, 1.54) is 34.3 Å². The number of Topliss-reactive ketones (excluding diaryl/α,β-unsaturated/α-hetero) is 1. The number of aryl methyl sites for hydroxylation is 6. The van der Waals surface area contributed by atoms with Crippen LogP contribution < -0.4 is 11.5 Å². The molecule has 0 saturated heterocycles. The molecule has 0 bridgehead atoms. The molecule has 0 amide bonds. The fourth-order valence-corrected chi connectivity index (χ4v) is 7.52. The van der Waals surface area contributed by atoms with Gasteiger partial charge in [-0.25, -0.2) is 0 Å². The third kappa shape index (κ3) is 12.5. The minimum atomic E-state index is -1.00. The lowest BCUT2D eigenvalue weighted by Gasteiger charge is -2.00. The van der Waals surface area contributed by atoms with Gasteiger partial charge in [-0.1, -0.05) is 58.9 Å². The van der Waals surface area contributed by atoms with Gasteiger partial charge in [0.2, 0.25) is 0 Å². The first kappa shape index (κ1) is 50.3.